The fourth-order valence-corrected chi connectivity index (χ4v) is 14.8. The summed E-state index contributed by atoms with van der Waals surface area (Å²) in [6.07, 6.45) is 7.67. The second-order valence-corrected chi connectivity index (χ2v) is 22.8. The summed E-state index contributed by atoms with van der Waals surface area (Å²) in [5, 5.41) is 46.5. The monoisotopic (exact) mass is 956 g/mol. The zero-order chi connectivity index (χ0) is 49.5. The lowest BCUT2D eigenvalue weighted by Gasteiger charge is -2.58. The number of rotatable bonds is 12. The van der Waals surface area contributed by atoms with Crippen LogP contribution in [0.5, 0.6) is 17.2 Å². The molecule has 0 spiro atoms. The molecule has 376 valence electrons. The first kappa shape index (κ1) is 49.6. The molecule has 1 heterocycles. The fourth-order valence-electron chi connectivity index (χ4n) is 14.8. The summed E-state index contributed by atoms with van der Waals surface area (Å²) in [7, 11) is 1.34. The van der Waals surface area contributed by atoms with E-state index in [9.17, 15) is 39.6 Å². The molecule has 9 rings (SSSR count). The van der Waals surface area contributed by atoms with Gasteiger partial charge in [-0.25, -0.2) is 4.79 Å². The molecular formula is C55H73NO13. The summed E-state index contributed by atoms with van der Waals surface area (Å²) < 4.78 is 28.9. The Morgan fingerprint density at radius 1 is 0.957 bits per heavy atom. The zero-order valence-electron chi connectivity index (χ0n) is 41.4. The summed E-state index contributed by atoms with van der Waals surface area (Å²) in [5.74, 6) is 0.419. The number of carbonyl (C=O) groups excluding carboxylic acids is 4. The molecule has 7 aliphatic rings. The van der Waals surface area contributed by atoms with Crippen LogP contribution >= 0.6 is 0 Å². The van der Waals surface area contributed by atoms with Gasteiger partial charge < -0.3 is 49.8 Å². The average Bonchev–Trinajstić information content (AvgIpc) is 3.67. The van der Waals surface area contributed by atoms with Crippen molar-refractivity contribution in [3.05, 3.63) is 63.2 Å². The highest BCUT2D eigenvalue weighted by Gasteiger charge is 2.59. The van der Waals surface area contributed by atoms with Crippen LogP contribution in [-0.2, 0) is 30.2 Å². The largest absolute Gasteiger partial charge is 0.508 e. The number of phenols is 2. The van der Waals surface area contributed by atoms with Gasteiger partial charge in [-0.1, -0.05) is 77.7 Å². The molecule has 2 aromatic rings. The van der Waals surface area contributed by atoms with E-state index in [0.717, 1.165) is 36.5 Å². The molecule has 8 unspecified atom stereocenters. The van der Waals surface area contributed by atoms with Crippen molar-refractivity contribution in [2.24, 2.45) is 52.1 Å². The van der Waals surface area contributed by atoms with Crippen LogP contribution in [0, 0.1) is 46.3 Å². The Kier molecular flexibility index (Phi) is 13.4. The lowest BCUT2D eigenvalue weighted by atomic mass is 9.47. The summed E-state index contributed by atoms with van der Waals surface area (Å²) in [6, 6.07) is 3.64. The predicted molar refractivity (Wildman–Crippen MR) is 254 cm³/mol. The Balaban J connectivity index is 0.889. The SMILES string of the molecule is COc1cccc2c1C(=O)c1c(O)c3c(c(O)c1C2=O)C[C@](O)(C(=O)COC(=O)OC1CCC2(C)C(=CCC4C2CCC2(C)C(C(C)CCCC(C)C)CCC42)C1)C[C@H]3O[C@@H]1C[C@@H](N)[C@@H](O)[C@@H](C)O1. The van der Waals surface area contributed by atoms with E-state index in [2.05, 4.69) is 40.7 Å². The number of nitrogens with two attached hydrogens (primary N) is 1. The van der Waals surface area contributed by atoms with Gasteiger partial charge in [0, 0.05) is 48.4 Å². The Morgan fingerprint density at radius 2 is 1.71 bits per heavy atom. The van der Waals surface area contributed by atoms with Crippen LogP contribution in [0.25, 0.3) is 0 Å². The van der Waals surface area contributed by atoms with Crippen molar-refractivity contribution in [3.8, 4) is 17.2 Å². The van der Waals surface area contributed by atoms with E-state index in [-0.39, 0.29) is 39.8 Å². The number of fused-ring (bicyclic) bond motifs is 8. The summed E-state index contributed by atoms with van der Waals surface area (Å²) in [6.45, 7) is 12.9. The minimum absolute atomic E-state index is 0.0186. The molecule has 6 N–H and O–H groups in total. The molecule has 0 amide bonds. The van der Waals surface area contributed by atoms with Crippen LogP contribution in [0.3, 0.4) is 0 Å². The van der Waals surface area contributed by atoms with Gasteiger partial charge in [-0.2, -0.15) is 0 Å². The molecule has 69 heavy (non-hydrogen) atoms. The van der Waals surface area contributed by atoms with Crippen molar-refractivity contribution in [1.29, 1.82) is 0 Å². The van der Waals surface area contributed by atoms with Gasteiger partial charge in [0.25, 0.3) is 0 Å². The Hall–Kier alpha value is -4.34. The highest BCUT2D eigenvalue weighted by molar-refractivity contribution is 6.31. The maximum absolute atomic E-state index is 14.1. The third-order valence-corrected chi connectivity index (χ3v) is 18.5. The van der Waals surface area contributed by atoms with E-state index < -0.39 is 108 Å². The lowest BCUT2D eigenvalue weighted by molar-refractivity contribution is -0.247. The van der Waals surface area contributed by atoms with E-state index in [4.69, 9.17) is 29.4 Å². The predicted octanol–water partition coefficient (Wildman–Crippen LogP) is 8.57. The smallest absolute Gasteiger partial charge is 0.507 e. The van der Waals surface area contributed by atoms with Crippen molar-refractivity contribution in [3.63, 3.8) is 0 Å². The Bertz CT molecular complexity index is 2400. The average molecular weight is 956 g/mol. The second kappa shape index (κ2) is 18.7. The molecule has 0 radical (unpaired) electrons. The molecule has 3 saturated carbocycles. The van der Waals surface area contributed by atoms with Gasteiger partial charge >= 0.3 is 6.16 Å². The van der Waals surface area contributed by atoms with Crippen molar-refractivity contribution in [1.82, 2.24) is 0 Å². The molecule has 6 aliphatic carbocycles. The lowest BCUT2D eigenvalue weighted by Crippen LogP contribution is -2.53. The fraction of sp³-hybridized carbons (Fsp3) is 0.673. The van der Waals surface area contributed by atoms with E-state index in [1.165, 1.54) is 75.8 Å². The molecule has 1 aliphatic heterocycles. The molecule has 14 nitrogen and oxygen atoms in total. The van der Waals surface area contributed by atoms with Crippen molar-refractivity contribution in [2.45, 2.75) is 174 Å². The van der Waals surface area contributed by atoms with Gasteiger partial charge in [-0.05, 0) is 104 Å². The number of aromatic hydroxyl groups is 2. The van der Waals surface area contributed by atoms with Crippen LogP contribution in [0.2, 0.25) is 0 Å². The standard InChI is InChI=1S/C55H73NO13/c1-27(2)10-8-11-28(3)35-16-17-36-32-15-14-30-22-31(18-20-53(30,5)37(32)19-21-54(35,36)6)68-52(63)66-26-41(57)55(64)24-34-44(40(25-55)69-42-23-38(56)47(58)29(4)67-42)51(62)46-45(49(34)60)48(59)33-12-9-13-39(65-7)43(33)50(46)61/h9,12-14,27-29,31-32,35-38,40,42,47,58,60,62,64H,8,10-11,15-26,56H2,1-7H3/t28?,29-,31?,32?,35?,36?,37?,38-,40-,42-,47+,53?,54?,55-/m1/s1. The minimum Gasteiger partial charge on any atom is -0.507 e. The van der Waals surface area contributed by atoms with E-state index in [1.54, 1.807) is 6.92 Å². The zero-order valence-corrected chi connectivity index (χ0v) is 41.4. The van der Waals surface area contributed by atoms with E-state index in [1.807, 2.05) is 0 Å². The van der Waals surface area contributed by atoms with Gasteiger partial charge in [0.15, 0.2) is 18.7 Å². The molecule has 1 saturated heterocycles. The number of ether oxygens (including phenoxy) is 5. The van der Waals surface area contributed by atoms with Crippen molar-refractivity contribution < 1.29 is 63.3 Å². The van der Waals surface area contributed by atoms with Gasteiger partial charge in [0.1, 0.15) is 29.0 Å². The number of Topliss-reactive ketones (excluding diaryl/α,β-unsaturated/α-hetero) is 1. The first-order chi connectivity index (χ1) is 32.7. The minimum atomic E-state index is -2.38. The highest BCUT2D eigenvalue weighted by atomic mass is 16.7. The van der Waals surface area contributed by atoms with E-state index in [0.29, 0.717) is 30.1 Å². The number of hydrogen-bond acceptors (Lipinski definition) is 14. The molecule has 0 aromatic heterocycles. The maximum Gasteiger partial charge on any atom is 0.508 e. The number of carbonyl (C=O) groups is 4. The first-order valence-corrected chi connectivity index (χ1v) is 25.6. The quantitative estimate of drug-likeness (QED) is 0.0652. The number of aliphatic hydroxyl groups is 2. The topological polar surface area (TPSA) is 221 Å². The molecule has 14 atom stereocenters. The van der Waals surface area contributed by atoms with Crippen LogP contribution in [0.1, 0.15) is 174 Å². The first-order valence-electron chi connectivity index (χ1n) is 25.6. The van der Waals surface area contributed by atoms with E-state index >= 15 is 0 Å². The van der Waals surface area contributed by atoms with Crippen molar-refractivity contribution in [2.75, 3.05) is 13.7 Å². The maximum atomic E-state index is 14.1. The molecule has 14 heteroatoms. The van der Waals surface area contributed by atoms with Gasteiger partial charge in [-0.15, -0.1) is 0 Å². The Morgan fingerprint density at radius 3 is 2.43 bits per heavy atom. The number of hydrogen-bond donors (Lipinski definition) is 5. The summed E-state index contributed by atoms with van der Waals surface area (Å²) >= 11 is 0. The van der Waals surface area contributed by atoms with Gasteiger partial charge in [0.05, 0.1) is 42.1 Å². The molecule has 4 fully saturated rings. The number of aliphatic hydroxyl groups excluding tert-OH is 1. The molecular weight excluding hydrogens is 883 g/mol. The highest BCUT2D eigenvalue weighted by Crippen LogP contribution is 2.67. The number of ketones is 3. The van der Waals surface area contributed by atoms with Crippen LogP contribution in [-0.4, -0.2) is 93.9 Å². The van der Waals surface area contributed by atoms with Crippen LogP contribution in [0.15, 0.2) is 29.8 Å². The van der Waals surface area contributed by atoms with Crippen LogP contribution < -0.4 is 10.5 Å². The number of methoxy groups -OCH3 is 1. The van der Waals surface area contributed by atoms with Crippen molar-refractivity contribution >= 4 is 23.5 Å². The number of benzene rings is 2. The van der Waals surface area contributed by atoms with Crippen LogP contribution in [0.4, 0.5) is 4.79 Å². The number of allylic oxidation sites excluding steroid dienone is 1. The molecule has 2 aromatic carbocycles. The van der Waals surface area contributed by atoms with Gasteiger partial charge in [0.2, 0.25) is 11.6 Å². The molecule has 0 bridgehead atoms. The Labute approximate surface area is 405 Å². The normalized spacial score (nSPS) is 36.2. The number of phenolic OH excluding ortho intramolecular Hbond substituents is 2. The third-order valence-electron chi connectivity index (χ3n) is 18.5. The summed E-state index contributed by atoms with van der Waals surface area (Å²) in [5.41, 5.74) is 4.08. The second-order valence-electron chi connectivity index (χ2n) is 22.8. The van der Waals surface area contributed by atoms with Gasteiger partial charge in [-0.3, -0.25) is 14.4 Å². The third kappa shape index (κ3) is 8.51. The summed E-state index contributed by atoms with van der Waals surface area (Å²) in [4.78, 5) is 55.6.